The average molecular weight is 721 g/mol. The quantitative estimate of drug-likeness (QED) is 0.166. The summed E-state index contributed by atoms with van der Waals surface area (Å²) in [6, 6.07) is 14.1. The Morgan fingerprint density at radius 2 is 1.79 bits per heavy atom. The van der Waals surface area contributed by atoms with Crippen molar-refractivity contribution in [3.8, 4) is 5.69 Å². The first-order valence-electron chi connectivity index (χ1n) is 17.6. The Bertz CT molecular complexity index is 2000. The molecule has 3 aromatic carbocycles. The van der Waals surface area contributed by atoms with Crippen LogP contribution in [0.3, 0.4) is 0 Å². The Labute approximate surface area is 298 Å². The van der Waals surface area contributed by atoms with Crippen molar-refractivity contribution in [2.75, 3.05) is 39.3 Å². The Hall–Kier alpha value is -4.75. The molecule has 1 unspecified atom stereocenters. The molecule has 4 aromatic rings. The molecular weight excluding hydrogens is 679 g/mol. The van der Waals surface area contributed by atoms with E-state index in [9.17, 15) is 31.5 Å². The van der Waals surface area contributed by atoms with Gasteiger partial charge in [0, 0.05) is 25.3 Å². The van der Waals surface area contributed by atoms with Gasteiger partial charge in [-0.2, -0.15) is 13.2 Å². The highest BCUT2D eigenvalue weighted by Gasteiger charge is 2.35. The van der Waals surface area contributed by atoms with Gasteiger partial charge < -0.3 is 15.1 Å². The fourth-order valence-corrected chi connectivity index (χ4v) is 6.92. The Morgan fingerprint density at radius 3 is 2.46 bits per heavy atom. The largest absolute Gasteiger partial charge is 0.419 e. The first kappa shape index (κ1) is 37.0. The second kappa shape index (κ2) is 16.3. The van der Waals surface area contributed by atoms with Gasteiger partial charge in [0.15, 0.2) is 0 Å². The molecule has 52 heavy (non-hydrogen) atoms. The van der Waals surface area contributed by atoms with Gasteiger partial charge in [-0.1, -0.05) is 31.2 Å². The summed E-state index contributed by atoms with van der Waals surface area (Å²) in [5.74, 6) is -2.24. The number of piperidine rings is 1. The first-order chi connectivity index (χ1) is 25.0. The van der Waals surface area contributed by atoms with E-state index < -0.39 is 47.3 Å². The fraction of sp³-hybridized carbons (Fsp3) is 0.385. The van der Waals surface area contributed by atoms with Crippen molar-refractivity contribution in [3.63, 3.8) is 0 Å². The lowest BCUT2D eigenvalue weighted by molar-refractivity contribution is -0.140. The van der Waals surface area contributed by atoms with Gasteiger partial charge in [0.25, 0.3) is 5.56 Å². The van der Waals surface area contributed by atoms with Crippen LogP contribution in [0.15, 0.2) is 88.2 Å². The first-order valence-corrected chi connectivity index (χ1v) is 17.6. The second-order valence-electron chi connectivity index (χ2n) is 13.2. The number of nitrogens with one attached hydrogen (secondary N) is 1. The van der Waals surface area contributed by atoms with Gasteiger partial charge >= 0.3 is 6.18 Å². The fourth-order valence-electron chi connectivity index (χ4n) is 6.92. The zero-order valence-corrected chi connectivity index (χ0v) is 28.9. The number of nitrogens with zero attached hydrogens (tertiary/aromatic N) is 5. The average Bonchev–Trinajstić information content (AvgIpc) is 3.13. The number of halogens is 5. The van der Waals surface area contributed by atoms with Crippen LogP contribution in [0.25, 0.3) is 16.6 Å². The maximum Gasteiger partial charge on any atom is 0.419 e. The smallest absolute Gasteiger partial charge is 0.328 e. The highest BCUT2D eigenvalue weighted by molar-refractivity contribution is 5.84. The summed E-state index contributed by atoms with van der Waals surface area (Å²) < 4.78 is 70.3. The summed E-state index contributed by atoms with van der Waals surface area (Å²) in [5, 5.41) is 3.96. The number of alkyl halides is 3. The van der Waals surface area contributed by atoms with Crippen LogP contribution in [-0.4, -0.2) is 76.8 Å². The molecule has 2 aliphatic heterocycles. The molecule has 1 N–H and O–H groups in total. The molecule has 0 bridgehead atoms. The lowest BCUT2D eigenvalue weighted by Gasteiger charge is -2.35. The predicted molar refractivity (Wildman–Crippen MR) is 191 cm³/mol. The van der Waals surface area contributed by atoms with Gasteiger partial charge in [-0.3, -0.25) is 19.1 Å². The summed E-state index contributed by atoms with van der Waals surface area (Å²) in [5.41, 5.74) is -0.274. The van der Waals surface area contributed by atoms with E-state index >= 15 is 0 Å². The molecular formula is C39H41F5N6O2. The number of fused-ring (bicyclic) bond motifs is 1. The van der Waals surface area contributed by atoms with Crippen LogP contribution in [0.5, 0.6) is 0 Å². The highest BCUT2D eigenvalue weighted by atomic mass is 19.4. The van der Waals surface area contributed by atoms with Crippen molar-refractivity contribution >= 4 is 23.0 Å². The number of amides is 1. The van der Waals surface area contributed by atoms with Crippen LogP contribution in [0.1, 0.15) is 55.6 Å². The number of rotatable bonds is 12. The van der Waals surface area contributed by atoms with Gasteiger partial charge in [0.05, 0.1) is 34.6 Å². The molecule has 1 saturated heterocycles. The van der Waals surface area contributed by atoms with Gasteiger partial charge in [0.2, 0.25) is 5.91 Å². The summed E-state index contributed by atoms with van der Waals surface area (Å²) in [7, 11) is 0. The molecule has 0 aliphatic carbocycles. The topological polar surface area (TPSA) is 82.8 Å². The van der Waals surface area contributed by atoms with Crippen LogP contribution in [0, 0.1) is 11.6 Å². The van der Waals surface area contributed by atoms with Gasteiger partial charge in [-0.15, -0.1) is 0 Å². The minimum atomic E-state index is -4.89. The number of aromatic nitrogens is 2. The van der Waals surface area contributed by atoms with E-state index in [0.717, 1.165) is 50.2 Å². The van der Waals surface area contributed by atoms with Crippen molar-refractivity contribution in [2.45, 2.75) is 57.3 Å². The van der Waals surface area contributed by atoms with Crippen molar-refractivity contribution < 1.29 is 26.7 Å². The number of para-hydroxylation sites is 1. The van der Waals surface area contributed by atoms with Crippen molar-refractivity contribution in [2.24, 2.45) is 4.99 Å². The zero-order chi connectivity index (χ0) is 36.8. The molecule has 6 rings (SSSR count). The molecule has 3 heterocycles. The molecule has 1 fully saturated rings. The third kappa shape index (κ3) is 8.64. The molecule has 13 heteroatoms. The van der Waals surface area contributed by atoms with Crippen molar-refractivity contribution in [3.05, 3.63) is 117 Å². The van der Waals surface area contributed by atoms with Crippen LogP contribution in [-0.2, 0) is 17.4 Å². The molecule has 274 valence electrons. The molecule has 8 nitrogen and oxygen atoms in total. The number of hydrogen-bond acceptors (Lipinski definition) is 6. The predicted octanol–water partition coefficient (Wildman–Crippen LogP) is 6.66. The number of aliphatic imine (C=N–C) groups is 1. The normalized spacial score (nSPS) is 16.2. The maximum absolute atomic E-state index is 14.7. The van der Waals surface area contributed by atoms with Crippen molar-refractivity contribution in [1.29, 1.82) is 0 Å². The van der Waals surface area contributed by atoms with Crippen molar-refractivity contribution in [1.82, 2.24) is 24.7 Å². The zero-order valence-electron chi connectivity index (χ0n) is 28.9. The summed E-state index contributed by atoms with van der Waals surface area (Å²) in [4.78, 5) is 42.1. The van der Waals surface area contributed by atoms with Gasteiger partial charge in [-0.05, 0) is 112 Å². The molecule has 0 radical (unpaired) electrons. The molecule has 1 atom stereocenters. The number of hydrogen-bond donors (Lipinski definition) is 1. The van der Waals surface area contributed by atoms with E-state index in [1.54, 1.807) is 35.4 Å². The van der Waals surface area contributed by atoms with Crippen LogP contribution in [0.2, 0.25) is 0 Å². The molecule has 1 aromatic heterocycles. The standard InChI is InChI=1S/C39H41F5N6O2/c1-2-48-20-16-29(17-21-48)46-19-15-35(37-47-34-8-4-3-7-31(34)38(52)50(37)30-12-10-28(40)11-13-30)49(25-27-6-5-18-45-24-27)36(51)23-26-9-14-32(33(41)22-26)39(42,43)44/h3-4,6-14,22,24,29,35,46H,2,5,15-21,23,25H2,1H3. The van der Waals surface area contributed by atoms with E-state index in [1.165, 1.54) is 28.8 Å². The van der Waals surface area contributed by atoms with E-state index in [4.69, 9.17) is 4.98 Å². The molecule has 2 aliphatic rings. The van der Waals surface area contributed by atoms with Gasteiger partial charge in [0.1, 0.15) is 17.5 Å². The van der Waals surface area contributed by atoms with Gasteiger partial charge in [-0.25, -0.2) is 13.8 Å². The van der Waals surface area contributed by atoms with E-state index in [2.05, 4.69) is 22.1 Å². The summed E-state index contributed by atoms with van der Waals surface area (Å²) >= 11 is 0. The third-order valence-corrected chi connectivity index (χ3v) is 9.74. The SMILES string of the molecule is CCN1CCC(NCCC(c2nc3ccccc3c(=O)n2-c2ccc(F)cc2)N(CC2=CCCN=C2)C(=O)Cc2ccc(C(F)(F)F)c(F)c2)CC1. The number of benzene rings is 3. The number of likely N-dealkylation sites (tertiary alicyclic amines) is 1. The number of carbonyl (C=O) groups excluding carboxylic acids is 1. The second-order valence-corrected chi connectivity index (χ2v) is 13.2. The highest BCUT2D eigenvalue weighted by Crippen LogP contribution is 2.33. The Morgan fingerprint density at radius 1 is 1.04 bits per heavy atom. The Balaban J connectivity index is 1.45. The van der Waals surface area contributed by atoms with E-state index in [1.807, 2.05) is 6.08 Å². The molecule has 0 saturated carbocycles. The van der Waals surface area contributed by atoms with E-state index in [-0.39, 0.29) is 24.0 Å². The van der Waals surface area contributed by atoms with Crippen LogP contribution >= 0.6 is 0 Å². The summed E-state index contributed by atoms with van der Waals surface area (Å²) in [6.45, 7) is 6.10. The number of carbonyl (C=O) groups is 1. The monoisotopic (exact) mass is 720 g/mol. The summed E-state index contributed by atoms with van der Waals surface area (Å²) in [6.07, 6.45) is 1.18. The minimum Gasteiger partial charge on any atom is -0.328 e. The minimum absolute atomic E-state index is 0.0527. The molecule has 1 amide bonds. The maximum atomic E-state index is 14.7. The van der Waals surface area contributed by atoms with E-state index in [0.29, 0.717) is 48.6 Å². The Kier molecular flexibility index (Phi) is 11.6. The lowest BCUT2D eigenvalue weighted by Crippen LogP contribution is -2.45. The number of dihydropyridines is 1. The van der Waals surface area contributed by atoms with Crippen LogP contribution < -0.4 is 10.9 Å². The molecule has 0 spiro atoms. The third-order valence-electron chi connectivity index (χ3n) is 9.74. The lowest BCUT2D eigenvalue weighted by atomic mass is 10.0. The van der Waals surface area contributed by atoms with Crippen LogP contribution in [0.4, 0.5) is 22.0 Å².